The molecule has 0 saturated heterocycles. The number of aryl methyl sites for hydroxylation is 1. The Labute approximate surface area is 128 Å². The fourth-order valence-electron chi connectivity index (χ4n) is 2.84. The zero-order valence-electron chi connectivity index (χ0n) is 11.5. The molecule has 2 aromatic carbocycles. The molecule has 108 valence electrons. The maximum Gasteiger partial charge on any atom is 0.231 e. The van der Waals surface area contributed by atoms with Crippen molar-refractivity contribution in [2.45, 2.75) is 25.2 Å². The van der Waals surface area contributed by atoms with Crippen molar-refractivity contribution in [3.63, 3.8) is 0 Å². The van der Waals surface area contributed by atoms with Crippen molar-refractivity contribution in [1.29, 1.82) is 0 Å². The Hall–Kier alpha value is -2.00. The van der Waals surface area contributed by atoms with E-state index in [4.69, 9.17) is 11.6 Å². The van der Waals surface area contributed by atoms with Gasteiger partial charge in [0.15, 0.2) is 0 Å². The van der Waals surface area contributed by atoms with E-state index in [1.54, 1.807) is 12.1 Å². The number of hydrogen-bond acceptors (Lipinski definition) is 2. The van der Waals surface area contributed by atoms with E-state index < -0.39 is 0 Å². The standard InChI is InChI=1S/C17H16ClNO2/c18-15-10-12(8-9-16(15)20)19-17(21)14-7-3-5-11-4-1-2-6-13(11)14/h1-2,4,6,8-10,14,20H,3,5,7H2,(H,19,21). The van der Waals surface area contributed by atoms with Gasteiger partial charge in [-0.05, 0) is 48.6 Å². The van der Waals surface area contributed by atoms with Gasteiger partial charge in [0.2, 0.25) is 5.91 Å². The molecular weight excluding hydrogens is 286 g/mol. The maximum atomic E-state index is 12.5. The molecule has 0 bridgehead atoms. The van der Waals surface area contributed by atoms with Gasteiger partial charge < -0.3 is 10.4 Å². The van der Waals surface area contributed by atoms with Crippen LogP contribution < -0.4 is 5.32 Å². The van der Waals surface area contributed by atoms with Crippen molar-refractivity contribution in [2.24, 2.45) is 0 Å². The number of hydrogen-bond donors (Lipinski definition) is 2. The molecule has 4 heteroatoms. The molecule has 0 radical (unpaired) electrons. The average molecular weight is 302 g/mol. The Morgan fingerprint density at radius 1 is 1.24 bits per heavy atom. The summed E-state index contributed by atoms with van der Waals surface area (Å²) in [6.45, 7) is 0. The molecule has 3 rings (SSSR count). The van der Waals surface area contributed by atoms with Gasteiger partial charge in [-0.1, -0.05) is 35.9 Å². The zero-order valence-corrected chi connectivity index (χ0v) is 12.2. The third-order valence-electron chi connectivity index (χ3n) is 3.90. The van der Waals surface area contributed by atoms with Crippen LogP contribution in [0.15, 0.2) is 42.5 Å². The molecular formula is C17H16ClNO2. The predicted molar refractivity (Wildman–Crippen MR) is 83.9 cm³/mol. The third kappa shape index (κ3) is 2.88. The van der Waals surface area contributed by atoms with Gasteiger partial charge in [-0.2, -0.15) is 0 Å². The van der Waals surface area contributed by atoms with Crippen LogP contribution in [0, 0.1) is 0 Å². The number of carbonyl (C=O) groups is 1. The van der Waals surface area contributed by atoms with Crippen LogP contribution in [0.3, 0.4) is 0 Å². The number of amides is 1. The summed E-state index contributed by atoms with van der Waals surface area (Å²) in [5.41, 5.74) is 2.98. The molecule has 3 nitrogen and oxygen atoms in total. The molecule has 1 unspecified atom stereocenters. The van der Waals surface area contributed by atoms with Crippen molar-refractivity contribution >= 4 is 23.2 Å². The van der Waals surface area contributed by atoms with Gasteiger partial charge in [0, 0.05) is 5.69 Å². The van der Waals surface area contributed by atoms with E-state index in [0.717, 1.165) is 24.8 Å². The fourth-order valence-corrected chi connectivity index (χ4v) is 3.02. The first-order valence-corrected chi connectivity index (χ1v) is 7.40. The molecule has 0 heterocycles. The first-order chi connectivity index (χ1) is 10.1. The van der Waals surface area contributed by atoms with Crippen LogP contribution in [-0.2, 0) is 11.2 Å². The van der Waals surface area contributed by atoms with Crippen LogP contribution in [0.2, 0.25) is 5.02 Å². The minimum atomic E-state index is -0.123. The predicted octanol–water partition coefficient (Wildman–Crippen LogP) is 4.10. The van der Waals surface area contributed by atoms with E-state index in [1.165, 1.54) is 11.6 Å². The minimum Gasteiger partial charge on any atom is -0.506 e. The van der Waals surface area contributed by atoms with Crippen LogP contribution in [0.1, 0.15) is 29.9 Å². The van der Waals surface area contributed by atoms with Crippen molar-refractivity contribution in [2.75, 3.05) is 5.32 Å². The minimum absolute atomic E-state index is 0.0117. The SMILES string of the molecule is O=C(Nc1ccc(O)c(Cl)c1)C1CCCc2ccccc21. The summed E-state index contributed by atoms with van der Waals surface area (Å²) in [6.07, 6.45) is 2.91. The van der Waals surface area contributed by atoms with Gasteiger partial charge in [-0.3, -0.25) is 4.79 Å². The van der Waals surface area contributed by atoms with Gasteiger partial charge in [0.05, 0.1) is 10.9 Å². The van der Waals surface area contributed by atoms with E-state index >= 15 is 0 Å². The Balaban J connectivity index is 1.81. The highest BCUT2D eigenvalue weighted by molar-refractivity contribution is 6.32. The van der Waals surface area contributed by atoms with Gasteiger partial charge in [-0.15, -0.1) is 0 Å². The lowest BCUT2D eigenvalue weighted by Gasteiger charge is -2.24. The molecule has 0 saturated carbocycles. The summed E-state index contributed by atoms with van der Waals surface area (Å²) in [7, 11) is 0. The summed E-state index contributed by atoms with van der Waals surface area (Å²) >= 11 is 5.86. The highest BCUT2D eigenvalue weighted by Crippen LogP contribution is 2.33. The molecule has 0 spiro atoms. The Morgan fingerprint density at radius 2 is 2.05 bits per heavy atom. The number of rotatable bonds is 2. The number of fused-ring (bicyclic) bond motifs is 1. The Morgan fingerprint density at radius 3 is 2.86 bits per heavy atom. The second-order valence-electron chi connectivity index (χ2n) is 5.30. The number of nitrogens with one attached hydrogen (secondary N) is 1. The zero-order chi connectivity index (χ0) is 14.8. The molecule has 2 aromatic rings. The second-order valence-corrected chi connectivity index (χ2v) is 5.71. The molecule has 0 aliphatic heterocycles. The summed E-state index contributed by atoms with van der Waals surface area (Å²) in [6, 6.07) is 12.8. The molecule has 1 atom stereocenters. The first-order valence-electron chi connectivity index (χ1n) is 7.02. The van der Waals surface area contributed by atoms with Gasteiger partial charge in [0.25, 0.3) is 0 Å². The smallest absolute Gasteiger partial charge is 0.231 e. The molecule has 0 fully saturated rings. The van der Waals surface area contributed by atoms with Crippen LogP contribution >= 0.6 is 11.6 Å². The third-order valence-corrected chi connectivity index (χ3v) is 4.20. The summed E-state index contributed by atoms with van der Waals surface area (Å²) in [4.78, 5) is 12.5. The monoisotopic (exact) mass is 301 g/mol. The largest absolute Gasteiger partial charge is 0.506 e. The van der Waals surface area contributed by atoms with Gasteiger partial charge in [-0.25, -0.2) is 0 Å². The highest BCUT2D eigenvalue weighted by atomic mass is 35.5. The normalized spacial score (nSPS) is 17.1. The molecule has 1 amide bonds. The van der Waals surface area contributed by atoms with Crippen molar-refractivity contribution in [1.82, 2.24) is 0 Å². The van der Waals surface area contributed by atoms with Crippen LogP contribution in [0.5, 0.6) is 5.75 Å². The molecule has 1 aliphatic carbocycles. The van der Waals surface area contributed by atoms with E-state index in [0.29, 0.717) is 5.69 Å². The number of benzene rings is 2. The summed E-state index contributed by atoms with van der Waals surface area (Å²) in [5.74, 6) is -0.135. The number of halogens is 1. The fraction of sp³-hybridized carbons (Fsp3) is 0.235. The number of aromatic hydroxyl groups is 1. The van der Waals surface area contributed by atoms with E-state index in [1.807, 2.05) is 18.2 Å². The lowest BCUT2D eigenvalue weighted by molar-refractivity contribution is -0.117. The topological polar surface area (TPSA) is 49.3 Å². The van der Waals surface area contributed by atoms with Crippen molar-refractivity contribution in [3.05, 3.63) is 58.6 Å². The average Bonchev–Trinajstić information content (AvgIpc) is 2.50. The number of carbonyl (C=O) groups excluding carboxylic acids is 1. The number of phenolic OH excluding ortho intramolecular Hbond substituents is 1. The lowest BCUT2D eigenvalue weighted by atomic mass is 9.82. The van der Waals surface area contributed by atoms with Crippen LogP contribution in [0.4, 0.5) is 5.69 Å². The van der Waals surface area contributed by atoms with E-state index in [9.17, 15) is 9.90 Å². The summed E-state index contributed by atoms with van der Waals surface area (Å²) < 4.78 is 0. The number of anilines is 1. The molecule has 1 aliphatic rings. The summed E-state index contributed by atoms with van der Waals surface area (Å²) in [5, 5.41) is 12.5. The van der Waals surface area contributed by atoms with Gasteiger partial charge in [0.1, 0.15) is 5.75 Å². The highest BCUT2D eigenvalue weighted by Gasteiger charge is 2.26. The quantitative estimate of drug-likeness (QED) is 0.820. The first kappa shape index (κ1) is 14.0. The van der Waals surface area contributed by atoms with Crippen LogP contribution in [0.25, 0.3) is 0 Å². The van der Waals surface area contributed by atoms with Gasteiger partial charge >= 0.3 is 0 Å². The maximum absolute atomic E-state index is 12.5. The van der Waals surface area contributed by atoms with E-state index in [-0.39, 0.29) is 22.6 Å². The molecule has 21 heavy (non-hydrogen) atoms. The van der Waals surface area contributed by atoms with E-state index in [2.05, 4.69) is 11.4 Å². The number of phenols is 1. The van der Waals surface area contributed by atoms with Crippen molar-refractivity contribution in [3.8, 4) is 5.75 Å². The molecule has 0 aromatic heterocycles. The molecule has 2 N–H and O–H groups in total. The Kier molecular flexibility index (Phi) is 3.84. The lowest BCUT2D eigenvalue weighted by Crippen LogP contribution is -2.24. The van der Waals surface area contributed by atoms with Crippen molar-refractivity contribution < 1.29 is 9.90 Å². The second kappa shape index (κ2) is 5.78. The Bertz CT molecular complexity index is 684. The van der Waals surface area contributed by atoms with Crippen LogP contribution in [-0.4, -0.2) is 11.0 Å².